The maximum absolute atomic E-state index is 6.15. The fourth-order valence-electron chi connectivity index (χ4n) is 1.98. The average molecular weight is 241 g/mol. The molecule has 94 valence electrons. The summed E-state index contributed by atoms with van der Waals surface area (Å²) in [6, 6.07) is 16.3. The summed E-state index contributed by atoms with van der Waals surface area (Å²) >= 11 is 0. The molecule has 0 fully saturated rings. The van der Waals surface area contributed by atoms with Crippen molar-refractivity contribution in [1.29, 1.82) is 0 Å². The van der Waals surface area contributed by atoms with E-state index >= 15 is 0 Å². The van der Waals surface area contributed by atoms with Crippen molar-refractivity contribution in [3.05, 3.63) is 65.2 Å². The molecule has 0 aliphatic heterocycles. The minimum atomic E-state index is 0.498. The molecule has 0 atom stereocenters. The van der Waals surface area contributed by atoms with Crippen LogP contribution >= 0.6 is 0 Å². The van der Waals surface area contributed by atoms with Gasteiger partial charge in [0, 0.05) is 6.54 Å². The van der Waals surface area contributed by atoms with Gasteiger partial charge in [-0.05, 0) is 29.7 Å². The van der Waals surface area contributed by atoms with Crippen molar-refractivity contribution in [2.24, 2.45) is 11.6 Å². The van der Waals surface area contributed by atoms with E-state index < -0.39 is 0 Å². The molecule has 0 heterocycles. The van der Waals surface area contributed by atoms with Gasteiger partial charge in [-0.15, -0.1) is 0 Å². The number of aryl methyl sites for hydroxylation is 1. The molecule has 0 spiro atoms. The zero-order valence-electron chi connectivity index (χ0n) is 10.6. The summed E-state index contributed by atoms with van der Waals surface area (Å²) in [6.07, 6.45) is 0. The number of rotatable bonds is 4. The van der Waals surface area contributed by atoms with Crippen LogP contribution in [0.5, 0.6) is 0 Å². The SMILES string of the molecule is Cc1ccc(CN)c(N(N)Cc2ccccc2)c1. The molecule has 2 aromatic carbocycles. The fraction of sp³-hybridized carbons (Fsp3) is 0.200. The summed E-state index contributed by atoms with van der Waals surface area (Å²) in [4.78, 5) is 0. The molecule has 0 radical (unpaired) electrons. The Morgan fingerprint density at radius 3 is 2.44 bits per heavy atom. The monoisotopic (exact) mass is 241 g/mol. The second-order valence-corrected chi connectivity index (χ2v) is 4.45. The highest BCUT2D eigenvalue weighted by atomic mass is 15.4. The van der Waals surface area contributed by atoms with Gasteiger partial charge in [0.1, 0.15) is 0 Å². The Morgan fingerprint density at radius 1 is 1.06 bits per heavy atom. The molecule has 0 saturated heterocycles. The number of anilines is 1. The van der Waals surface area contributed by atoms with Gasteiger partial charge in [0.15, 0.2) is 0 Å². The van der Waals surface area contributed by atoms with Gasteiger partial charge in [0.2, 0.25) is 0 Å². The molecule has 2 rings (SSSR count). The van der Waals surface area contributed by atoms with Crippen molar-refractivity contribution in [3.8, 4) is 0 Å². The molecule has 0 bridgehead atoms. The number of benzene rings is 2. The molecular formula is C15H19N3. The van der Waals surface area contributed by atoms with Crippen molar-refractivity contribution in [3.63, 3.8) is 0 Å². The van der Waals surface area contributed by atoms with Gasteiger partial charge in [-0.25, -0.2) is 5.84 Å². The summed E-state index contributed by atoms with van der Waals surface area (Å²) in [5.74, 6) is 6.15. The third-order valence-corrected chi connectivity index (χ3v) is 2.97. The summed E-state index contributed by atoms with van der Waals surface area (Å²) < 4.78 is 0. The van der Waals surface area contributed by atoms with E-state index in [0.717, 1.165) is 11.3 Å². The Balaban J connectivity index is 2.23. The van der Waals surface area contributed by atoms with Gasteiger partial charge < -0.3 is 10.7 Å². The first-order chi connectivity index (χ1) is 8.70. The van der Waals surface area contributed by atoms with E-state index in [2.05, 4.69) is 31.2 Å². The first-order valence-corrected chi connectivity index (χ1v) is 6.06. The van der Waals surface area contributed by atoms with Crippen molar-refractivity contribution in [2.45, 2.75) is 20.0 Å². The first-order valence-electron chi connectivity index (χ1n) is 6.06. The van der Waals surface area contributed by atoms with Crippen LogP contribution in [0.2, 0.25) is 0 Å². The molecule has 0 saturated carbocycles. The van der Waals surface area contributed by atoms with Crippen LogP contribution in [0.4, 0.5) is 5.69 Å². The van der Waals surface area contributed by atoms with Gasteiger partial charge in [0.25, 0.3) is 0 Å². The van der Waals surface area contributed by atoms with Crippen LogP contribution in [-0.2, 0) is 13.1 Å². The lowest BCUT2D eigenvalue weighted by Gasteiger charge is -2.22. The summed E-state index contributed by atoms with van der Waals surface area (Å²) in [6.45, 7) is 3.23. The van der Waals surface area contributed by atoms with Crippen LogP contribution in [-0.4, -0.2) is 0 Å². The molecule has 2 aromatic rings. The van der Waals surface area contributed by atoms with E-state index in [9.17, 15) is 0 Å². The Hall–Kier alpha value is -1.84. The fourth-order valence-corrected chi connectivity index (χ4v) is 1.98. The number of hydrogen-bond acceptors (Lipinski definition) is 3. The van der Waals surface area contributed by atoms with Gasteiger partial charge in [-0.1, -0.05) is 42.5 Å². The van der Waals surface area contributed by atoms with E-state index in [1.165, 1.54) is 11.1 Å². The summed E-state index contributed by atoms with van der Waals surface area (Å²) in [7, 11) is 0. The van der Waals surface area contributed by atoms with Crippen LogP contribution in [0.15, 0.2) is 48.5 Å². The second-order valence-electron chi connectivity index (χ2n) is 4.45. The van der Waals surface area contributed by atoms with Gasteiger partial charge in [0.05, 0.1) is 12.2 Å². The van der Waals surface area contributed by atoms with Crippen LogP contribution in [0.25, 0.3) is 0 Å². The van der Waals surface area contributed by atoms with E-state index in [-0.39, 0.29) is 0 Å². The minimum Gasteiger partial charge on any atom is -0.326 e. The quantitative estimate of drug-likeness (QED) is 0.638. The number of nitrogens with two attached hydrogens (primary N) is 2. The number of hydrazine groups is 1. The molecule has 0 aliphatic carbocycles. The molecule has 0 amide bonds. The third kappa shape index (κ3) is 2.88. The highest BCUT2D eigenvalue weighted by Gasteiger charge is 2.07. The maximum Gasteiger partial charge on any atom is 0.0592 e. The summed E-state index contributed by atoms with van der Waals surface area (Å²) in [5, 5.41) is 1.75. The van der Waals surface area contributed by atoms with Crippen LogP contribution < -0.4 is 16.6 Å². The van der Waals surface area contributed by atoms with E-state index in [1.807, 2.05) is 24.3 Å². The van der Waals surface area contributed by atoms with Crippen LogP contribution in [0.3, 0.4) is 0 Å². The molecule has 4 N–H and O–H groups in total. The van der Waals surface area contributed by atoms with Gasteiger partial charge in [-0.3, -0.25) is 0 Å². The zero-order valence-corrected chi connectivity index (χ0v) is 10.6. The zero-order chi connectivity index (χ0) is 13.0. The van der Waals surface area contributed by atoms with Crippen molar-refractivity contribution < 1.29 is 0 Å². The predicted molar refractivity (Wildman–Crippen MR) is 75.9 cm³/mol. The highest BCUT2D eigenvalue weighted by molar-refractivity contribution is 5.54. The third-order valence-electron chi connectivity index (χ3n) is 2.97. The lowest BCUT2D eigenvalue weighted by molar-refractivity contribution is 0.839. The molecule has 0 aliphatic rings. The average Bonchev–Trinajstić information content (AvgIpc) is 2.40. The molecular weight excluding hydrogens is 222 g/mol. The largest absolute Gasteiger partial charge is 0.326 e. The molecule has 18 heavy (non-hydrogen) atoms. The van der Waals surface area contributed by atoms with Crippen LogP contribution in [0.1, 0.15) is 16.7 Å². The van der Waals surface area contributed by atoms with E-state index in [0.29, 0.717) is 13.1 Å². The van der Waals surface area contributed by atoms with Crippen LogP contribution in [0, 0.1) is 6.92 Å². The Morgan fingerprint density at radius 2 is 1.78 bits per heavy atom. The number of hydrogen-bond donors (Lipinski definition) is 2. The topological polar surface area (TPSA) is 55.3 Å². The second kappa shape index (κ2) is 5.67. The lowest BCUT2D eigenvalue weighted by Crippen LogP contribution is -2.31. The number of nitrogens with zero attached hydrogens (tertiary/aromatic N) is 1. The van der Waals surface area contributed by atoms with Crippen molar-refractivity contribution in [1.82, 2.24) is 0 Å². The van der Waals surface area contributed by atoms with Gasteiger partial charge in [-0.2, -0.15) is 0 Å². The highest BCUT2D eigenvalue weighted by Crippen LogP contribution is 2.21. The van der Waals surface area contributed by atoms with Crippen molar-refractivity contribution in [2.75, 3.05) is 5.01 Å². The van der Waals surface area contributed by atoms with Crippen molar-refractivity contribution >= 4 is 5.69 Å². The lowest BCUT2D eigenvalue weighted by atomic mass is 10.1. The molecule has 0 unspecified atom stereocenters. The first kappa shape index (κ1) is 12.6. The van der Waals surface area contributed by atoms with E-state index in [1.54, 1.807) is 5.01 Å². The standard InChI is InChI=1S/C15H19N3/c1-12-7-8-14(10-16)15(9-12)18(17)11-13-5-3-2-4-6-13/h2-9H,10-11,16-17H2,1H3. The molecule has 0 aromatic heterocycles. The minimum absolute atomic E-state index is 0.498. The molecule has 3 heteroatoms. The molecule has 3 nitrogen and oxygen atoms in total. The summed E-state index contributed by atoms with van der Waals surface area (Å²) in [5.41, 5.74) is 10.2. The Kier molecular flexibility index (Phi) is 3.97. The van der Waals surface area contributed by atoms with E-state index in [4.69, 9.17) is 11.6 Å². The Labute approximate surface area is 108 Å². The maximum atomic E-state index is 6.15. The van der Waals surface area contributed by atoms with Gasteiger partial charge >= 0.3 is 0 Å². The normalized spacial score (nSPS) is 10.4. The predicted octanol–water partition coefficient (Wildman–Crippen LogP) is 2.33. The smallest absolute Gasteiger partial charge is 0.0592 e. The Bertz CT molecular complexity index is 508.